The fourth-order valence-electron chi connectivity index (χ4n) is 1.57. The molecule has 0 bridgehead atoms. The van der Waals surface area contributed by atoms with Gasteiger partial charge in [-0.15, -0.1) is 0 Å². The van der Waals surface area contributed by atoms with E-state index in [0.29, 0.717) is 24.3 Å². The number of likely N-dealkylation sites (N-methyl/N-ethyl adjacent to an activating group) is 1. The van der Waals surface area contributed by atoms with E-state index in [2.05, 4.69) is 0 Å². The van der Waals surface area contributed by atoms with Crippen molar-refractivity contribution in [2.75, 3.05) is 27.3 Å². The van der Waals surface area contributed by atoms with E-state index < -0.39 is 0 Å². The Kier molecular flexibility index (Phi) is 5.50. The lowest BCUT2D eigenvalue weighted by atomic mass is 10.1. The minimum atomic E-state index is 0.0462. The highest BCUT2D eigenvalue weighted by molar-refractivity contribution is 5.97. The van der Waals surface area contributed by atoms with E-state index in [1.54, 1.807) is 31.4 Å². The summed E-state index contributed by atoms with van der Waals surface area (Å²) in [5, 5.41) is 8.69. The van der Waals surface area contributed by atoms with Gasteiger partial charge in [-0.05, 0) is 26.1 Å². The zero-order valence-corrected chi connectivity index (χ0v) is 11.0. The molecular weight excluding hydrogens is 228 g/mol. The van der Waals surface area contributed by atoms with Crippen molar-refractivity contribution in [2.24, 2.45) is 0 Å². The van der Waals surface area contributed by atoms with Gasteiger partial charge in [0.15, 0.2) is 5.78 Å². The molecule has 0 spiro atoms. The molecule has 4 heteroatoms. The van der Waals surface area contributed by atoms with Crippen molar-refractivity contribution in [1.82, 2.24) is 4.90 Å². The number of carbonyl (C=O) groups excluding carboxylic acids is 1. The molecule has 0 radical (unpaired) electrons. The third-order valence-corrected chi connectivity index (χ3v) is 2.89. The Labute approximate surface area is 108 Å². The standard InChI is InChI=1S/C14H18N2O2/c1-11(10-18-3)16(2)9-14(17)13-6-4-12(8-15)5-7-13/h4-7,11H,9-10H2,1-3H3. The largest absolute Gasteiger partial charge is 0.383 e. The van der Waals surface area contributed by atoms with E-state index in [0.717, 1.165) is 0 Å². The van der Waals surface area contributed by atoms with Gasteiger partial charge in [-0.1, -0.05) is 12.1 Å². The number of benzene rings is 1. The molecule has 0 aliphatic carbocycles. The summed E-state index contributed by atoms with van der Waals surface area (Å²) in [6, 6.07) is 8.92. The van der Waals surface area contributed by atoms with Gasteiger partial charge in [-0.2, -0.15) is 5.26 Å². The van der Waals surface area contributed by atoms with Crippen molar-refractivity contribution in [3.8, 4) is 6.07 Å². The van der Waals surface area contributed by atoms with Crippen LogP contribution < -0.4 is 0 Å². The number of carbonyl (C=O) groups is 1. The number of hydrogen-bond donors (Lipinski definition) is 0. The molecule has 96 valence electrons. The number of methoxy groups -OCH3 is 1. The zero-order chi connectivity index (χ0) is 13.5. The molecule has 0 aromatic heterocycles. The average molecular weight is 246 g/mol. The Morgan fingerprint density at radius 1 is 1.44 bits per heavy atom. The van der Waals surface area contributed by atoms with Crippen LogP contribution >= 0.6 is 0 Å². The third-order valence-electron chi connectivity index (χ3n) is 2.89. The van der Waals surface area contributed by atoms with Crippen LogP contribution in [-0.2, 0) is 4.74 Å². The molecule has 0 N–H and O–H groups in total. The van der Waals surface area contributed by atoms with Crippen LogP contribution in [0.25, 0.3) is 0 Å². The average Bonchev–Trinajstić information content (AvgIpc) is 2.39. The predicted octanol–water partition coefficient (Wildman–Crippen LogP) is 1.71. The quantitative estimate of drug-likeness (QED) is 0.717. The van der Waals surface area contributed by atoms with E-state index in [1.165, 1.54) is 0 Å². The second-order valence-corrected chi connectivity index (χ2v) is 4.33. The van der Waals surface area contributed by atoms with Crippen LogP contribution in [0.15, 0.2) is 24.3 Å². The Morgan fingerprint density at radius 2 is 2.06 bits per heavy atom. The van der Waals surface area contributed by atoms with Crippen molar-refractivity contribution in [1.29, 1.82) is 5.26 Å². The van der Waals surface area contributed by atoms with Gasteiger partial charge in [-0.3, -0.25) is 9.69 Å². The molecule has 0 saturated carbocycles. The Morgan fingerprint density at radius 3 is 2.56 bits per heavy atom. The summed E-state index contributed by atoms with van der Waals surface area (Å²) >= 11 is 0. The lowest BCUT2D eigenvalue weighted by Gasteiger charge is -2.23. The number of Topliss-reactive ketones (excluding diaryl/α,β-unsaturated/α-hetero) is 1. The van der Waals surface area contributed by atoms with Gasteiger partial charge in [-0.25, -0.2) is 0 Å². The number of rotatable bonds is 6. The van der Waals surface area contributed by atoms with Crippen molar-refractivity contribution in [3.63, 3.8) is 0 Å². The van der Waals surface area contributed by atoms with Gasteiger partial charge >= 0.3 is 0 Å². The molecule has 0 saturated heterocycles. The predicted molar refractivity (Wildman–Crippen MR) is 69.5 cm³/mol. The van der Waals surface area contributed by atoms with Crippen LogP contribution in [0.1, 0.15) is 22.8 Å². The van der Waals surface area contributed by atoms with Crippen LogP contribution in [0, 0.1) is 11.3 Å². The highest BCUT2D eigenvalue weighted by Crippen LogP contribution is 2.06. The van der Waals surface area contributed by atoms with Gasteiger partial charge in [0, 0.05) is 18.7 Å². The van der Waals surface area contributed by atoms with E-state index in [1.807, 2.05) is 24.9 Å². The Hall–Kier alpha value is -1.70. The van der Waals surface area contributed by atoms with Crippen LogP contribution in [0.4, 0.5) is 0 Å². The van der Waals surface area contributed by atoms with E-state index >= 15 is 0 Å². The molecule has 1 atom stereocenters. The van der Waals surface area contributed by atoms with Crippen LogP contribution in [0.2, 0.25) is 0 Å². The summed E-state index contributed by atoms with van der Waals surface area (Å²) in [6.45, 7) is 2.95. The lowest BCUT2D eigenvalue weighted by Crippen LogP contribution is -2.36. The fraction of sp³-hybridized carbons (Fsp3) is 0.429. The molecule has 1 aromatic carbocycles. The maximum absolute atomic E-state index is 12.0. The first-order valence-corrected chi connectivity index (χ1v) is 5.81. The minimum absolute atomic E-state index is 0.0462. The van der Waals surface area contributed by atoms with E-state index in [-0.39, 0.29) is 11.8 Å². The Bertz CT molecular complexity index is 434. The molecule has 1 unspecified atom stereocenters. The summed E-state index contributed by atoms with van der Waals surface area (Å²) in [4.78, 5) is 13.9. The first-order chi connectivity index (χ1) is 8.58. The monoisotopic (exact) mass is 246 g/mol. The van der Waals surface area contributed by atoms with Crippen LogP contribution in [0.3, 0.4) is 0 Å². The number of hydrogen-bond acceptors (Lipinski definition) is 4. The number of nitriles is 1. The summed E-state index contributed by atoms with van der Waals surface area (Å²) < 4.78 is 5.05. The van der Waals surface area contributed by atoms with Gasteiger partial charge in [0.25, 0.3) is 0 Å². The molecule has 0 fully saturated rings. The molecule has 0 amide bonds. The SMILES string of the molecule is COCC(C)N(C)CC(=O)c1ccc(C#N)cc1. The molecule has 1 aromatic rings. The first-order valence-electron chi connectivity index (χ1n) is 5.81. The van der Waals surface area contributed by atoms with Crippen LogP contribution in [0.5, 0.6) is 0 Å². The number of ketones is 1. The van der Waals surface area contributed by atoms with Crippen molar-refractivity contribution in [2.45, 2.75) is 13.0 Å². The molecule has 0 heterocycles. The summed E-state index contributed by atoms with van der Waals surface area (Å²) in [5.74, 6) is 0.0462. The smallest absolute Gasteiger partial charge is 0.176 e. The maximum atomic E-state index is 12.0. The van der Waals surface area contributed by atoms with Gasteiger partial charge < -0.3 is 4.74 Å². The molecular formula is C14H18N2O2. The summed E-state index contributed by atoms with van der Waals surface area (Å²) in [7, 11) is 3.54. The second-order valence-electron chi connectivity index (χ2n) is 4.33. The molecule has 1 rings (SSSR count). The number of ether oxygens (including phenoxy) is 1. The first kappa shape index (κ1) is 14.4. The third kappa shape index (κ3) is 3.95. The van der Waals surface area contributed by atoms with Crippen molar-refractivity contribution >= 4 is 5.78 Å². The minimum Gasteiger partial charge on any atom is -0.383 e. The summed E-state index contributed by atoms with van der Waals surface area (Å²) in [5.41, 5.74) is 1.19. The highest BCUT2D eigenvalue weighted by atomic mass is 16.5. The maximum Gasteiger partial charge on any atom is 0.176 e. The molecule has 0 aliphatic rings. The molecule has 18 heavy (non-hydrogen) atoms. The lowest BCUT2D eigenvalue weighted by molar-refractivity contribution is 0.0841. The summed E-state index contributed by atoms with van der Waals surface area (Å²) in [6.07, 6.45) is 0. The zero-order valence-electron chi connectivity index (χ0n) is 11.0. The second kappa shape index (κ2) is 6.90. The fourth-order valence-corrected chi connectivity index (χ4v) is 1.57. The van der Waals surface area contributed by atoms with Gasteiger partial charge in [0.2, 0.25) is 0 Å². The van der Waals surface area contributed by atoms with Crippen LogP contribution in [-0.4, -0.2) is 44.0 Å². The van der Waals surface area contributed by atoms with Gasteiger partial charge in [0.1, 0.15) is 0 Å². The van der Waals surface area contributed by atoms with E-state index in [4.69, 9.17) is 10.00 Å². The highest BCUT2D eigenvalue weighted by Gasteiger charge is 2.14. The topological polar surface area (TPSA) is 53.3 Å². The van der Waals surface area contributed by atoms with Gasteiger partial charge in [0.05, 0.1) is 24.8 Å². The molecule has 4 nitrogen and oxygen atoms in total. The Balaban J connectivity index is 2.62. The van der Waals surface area contributed by atoms with E-state index in [9.17, 15) is 4.79 Å². The van der Waals surface area contributed by atoms with Crippen molar-refractivity contribution in [3.05, 3.63) is 35.4 Å². The normalized spacial score (nSPS) is 12.2. The molecule has 0 aliphatic heterocycles. The van der Waals surface area contributed by atoms with Crippen molar-refractivity contribution < 1.29 is 9.53 Å². The number of nitrogens with zero attached hydrogens (tertiary/aromatic N) is 2.